The summed E-state index contributed by atoms with van der Waals surface area (Å²) in [7, 11) is 0. The minimum atomic E-state index is 0.113. The van der Waals surface area contributed by atoms with Crippen LogP contribution < -0.4 is 5.32 Å². The van der Waals surface area contributed by atoms with Crippen LogP contribution in [0.25, 0.3) is 0 Å². The summed E-state index contributed by atoms with van der Waals surface area (Å²) in [5, 5.41) is 12.2. The molecule has 1 aromatic heterocycles. The molecule has 0 saturated carbocycles. The monoisotopic (exact) mass is 333 g/mol. The molecule has 0 fully saturated rings. The molecular formula is C13H20BrNO2S. The Bertz CT molecular complexity index is 370. The third-order valence-electron chi connectivity index (χ3n) is 3.18. The summed E-state index contributed by atoms with van der Waals surface area (Å²) in [4.78, 5) is 1.53. The van der Waals surface area contributed by atoms with Crippen molar-refractivity contribution in [3.63, 3.8) is 0 Å². The number of nitrogens with one attached hydrogen (secondary N) is 1. The molecule has 18 heavy (non-hydrogen) atoms. The van der Waals surface area contributed by atoms with Crippen LogP contribution in [0, 0.1) is 0 Å². The lowest BCUT2D eigenvalue weighted by atomic mass is 9.94. The number of aryl methyl sites for hydroxylation is 1. The van der Waals surface area contributed by atoms with Crippen LogP contribution in [0.1, 0.15) is 35.7 Å². The average Bonchev–Trinajstić information content (AvgIpc) is 2.74. The van der Waals surface area contributed by atoms with Crippen molar-refractivity contribution in [2.24, 2.45) is 0 Å². The zero-order chi connectivity index (χ0) is 12.8. The van der Waals surface area contributed by atoms with E-state index in [0.29, 0.717) is 12.6 Å². The first-order valence-corrected chi connectivity index (χ1v) is 8.12. The van der Waals surface area contributed by atoms with Crippen LogP contribution in [0.4, 0.5) is 0 Å². The van der Waals surface area contributed by atoms with E-state index in [4.69, 9.17) is 9.84 Å². The Kier molecular flexibility index (Phi) is 6.11. The van der Waals surface area contributed by atoms with Gasteiger partial charge in [0.2, 0.25) is 0 Å². The first-order valence-electron chi connectivity index (χ1n) is 6.51. The van der Waals surface area contributed by atoms with E-state index >= 15 is 0 Å². The van der Waals surface area contributed by atoms with Crippen molar-refractivity contribution in [2.75, 3.05) is 26.4 Å². The molecule has 1 heterocycles. The zero-order valence-corrected chi connectivity index (χ0v) is 12.9. The van der Waals surface area contributed by atoms with Crippen molar-refractivity contribution in [1.82, 2.24) is 5.32 Å². The Labute approximate surface area is 121 Å². The van der Waals surface area contributed by atoms with Crippen molar-refractivity contribution in [1.29, 1.82) is 0 Å². The molecule has 0 aliphatic heterocycles. The molecule has 0 spiro atoms. The fourth-order valence-electron chi connectivity index (χ4n) is 2.35. The average molecular weight is 334 g/mol. The van der Waals surface area contributed by atoms with Gasteiger partial charge >= 0.3 is 0 Å². The molecular weight excluding hydrogens is 314 g/mol. The van der Waals surface area contributed by atoms with Crippen LogP contribution in [0.5, 0.6) is 0 Å². The van der Waals surface area contributed by atoms with Crippen molar-refractivity contribution in [2.45, 2.75) is 31.7 Å². The highest BCUT2D eigenvalue weighted by molar-refractivity contribution is 9.11. The summed E-state index contributed by atoms with van der Waals surface area (Å²) < 4.78 is 6.49. The molecule has 0 radical (unpaired) electrons. The third-order valence-corrected chi connectivity index (χ3v) is 4.89. The van der Waals surface area contributed by atoms with Crippen molar-refractivity contribution < 1.29 is 9.84 Å². The van der Waals surface area contributed by atoms with Crippen molar-refractivity contribution in [3.8, 4) is 0 Å². The summed E-state index contributed by atoms with van der Waals surface area (Å²) in [6.45, 7) is 2.26. The van der Waals surface area contributed by atoms with Gasteiger partial charge in [-0.05, 0) is 59.8 Å². The fraction of sp³-hybridized carbons (Fsp3) is 0.692. The highest BCUT2D eigenvalue weighted by Crippen LogP contribution is 2.37. The van der Waals surface area contributed by atoms with E-state index in [1.54, 1.807) is 0 Å². The second-order valence-corrected chi connectivity index (χ2v) is 7.03. The lowest BCUT2D eigenvalue weighted by molar-refractivity contribution is 0.0903. The number of aliphatic hydroxyl groups is 1. The Hall–Kier alpha value is 0.0600. The number of fused-ring (bicyclic) bond motifs is 1. The molecule has 1 aromatic rings. The van der Waals surface area contributed by atoms with E-state index in [1.165, 1.54) is 33.5 Å². The summed E-state index contributed by atoms with van der Waals surface area (Å²) in [6.07, 6.45) is 4.73. The highest BCUT2D eigenvalue weighted by atomic mass is 79.9. The minimum absolute atomic E-state index is 0.113. The van der Waals surface area contributed by atoms with Gasteiger partial charge in [-0.15, -0.1) is 11.3 Å². The van der Waals surface area contributed by atoms with Gasteiger partial charge in [-0.1, -0.05) is 0 Å². The molecule has 1 aliphatic rings. The second-order valence-electron chi connectivity index (χ2n) is 4.52. The largest absolute Gasteiger partial charge is 0.394 e. The molecule has 1 unspecified atom stereocenters. The van der Waals surface area contributed by atoms with Gasteiger partial charge in [0.15, 0.2) is 0 Å². The number of hydrogen-bond acceptors (Lipinski definition) is 4. The summed E-state index contributed by atoms with van der Waals surface area (Å²) in [5.74, 6) is 0. The molecule has 3 nitrogen and oxygen atoms in total. The number of hydrogen-bond donors (Lipinski definition) is 2. The van der Waals surface area contributed by atoms with E-state index in [1.807, 2.05) is 11.3 Å². The second kappa shape index (κ2) is 7.60. The van der Waals surface area contributed by atoms with Crippen LogP contribution in [-0.4, -0.2) is 31.5 Å². The first kappa shape index (κ1) is 14.5. The highest BCUT2D eigenvalue weighted by Gasteiger charge is 2.21. The third kappa shape index (κ3) is 4.03. The molecule has 2 rings (SSSR count). The Morgan fingerprint density at radius 2 is 2.39 bits per heavy atom. The maximum Gasteiger partial charge on any atom is 0.0704 e. The first-order chi connectivity index (χ1) is 8.81. The van der Waals surface area contributed by atoms with Gasteiger partial charge in [-0.2, -0.15) is 0 Å². The SMILES string of the molecule is OCCOCCCNC1CCCc2sc(Br)cc21. The summed E-state index contributed by atoms with van der Waals surface area (Å²) in [5.41, 5.74) is 1.48. The lowest BCUT2D eigenvalue weighted by Crippen LogP contribution is -2.26. The summed E-state index contributed by atoms with van der Waals surface area (Å²) in [6, 6.07) is 2.77. The topological polar surface area (TPSA) is 41.5 Å². The van der Waals surface area contributed by atoms with Gasteiger partial charge in [0.1, 0.15) is 0 Å². The molecule has 5 heteroatoms. The molecule has 0 bridgehead atoms. The zero-order valence-electron chi connectivity index (χ0n) is 10.5. The number of thiophene rings is 1. The predicted molar refractivity (Wildman–Crippen MR) is 78.2 cm³/mol. The fourth-order valence-corrected chi connectivity index (χ4v) is 4.17. The minimum Gasteiger partial charge on any atom is -0.394 e. The molecule has 1 aliphatic carbocycles. The van der Waals surface area contributed by atoms with Gasteiger partial charge in [0.05, 0.1) is 17.0 Å². The standard InChI is InChI=1S/C13H20BrNO2S/c14-13-9-10-11(3-1-4-12(10)18-13)15-5-2-7-17-8-6-16/h9,11,15-16H,1-8H2. The molecule has 0 amide bonds. The normalized spacial score (nSPS) is 18.9. The van der Waals surface area contributed by atoms with Crippen LogP contribution in [0.3, 0.4) is 0 Å². The smallest absolute Gasteiger partial charge is 0.0704 e. The Balaban J connectivity index is 1.74. The molecule has 0 aromatic carbocycles. The number of aliphatic hydroxyl groups excluding tert-OH is 1. The van der Waals surface area contributed by atoms with Crippen molar-refractivity contribution >= 4 is 27.3 Å². The lowest BCUT2D eigenvalue weighted by Gasteiger charge is -2.23. The van der Waals surface area contributed by atoms with Crippen LogP contribution in [-0.2, 0) is 11.2 Å². The molecule has 2 N–H and O–H groups in total. The maximum atomic E-state index is 8.59. The van der Waals surface area contributed by atoms with Gasteiger partial charge in [0.25, 0.3) is 0 Å². The quantitative estimate of drug-likeness (QED) is 0.754. The predicted octanol–water partition coefficient (Wildman–Crippen LogP) is 2.88. The van der Waals surface area contributed by atoms with E-state index in [0.717, 1.165) is 19.6 Å². The van der Waals surface area contributed by atoms with E-state index < -0.39 is 0 Å². The van der Waals surface area contributed by atoms with E-state index in [9.17, 15) is 0 Å². The number of halogens is 1. The van der Waals surface area contributed by atoms with Gasteiger partial charge in [0, 0.05) is 17.5 Å². The van der Waals surface area contributed by atoms with E-state index in [-0.39, 0.29) is 6.61 Å². The van der Waals surface area contributed by atoms with Gasteiger partial charge in [-0.25, -0.2) is 0 Å². The molecule has 1 atom stereocenters. The molecule has 0 saturated heterocycles. The van der Waals surface area contributed by atoms with Crippen LogP contribution in [0.2, 0.25) is 0 Å². The van der Waals surface area contributed by atoms with Gasteiger partial charge < -0.3 is 15.2 Å². The van der Waals surface area contributed by atoms with E-state index in [2.05, 4.69) is 27.3 Å². The Morgan fingerprint density at radius 3 is 3.22 bits per heavy atom. The Morgan fingerprint density at radius 1 is 1.50 bits per heavy atom. The maximum absolute atomic E-state index is 8.59. The van der Waals surface area contributed by atoms with Crippen molar-refractivity contribution in [3.05, 3.63) is 20.3 Å². The van der Waals surface area contributed by atoms with Gasteiger partial charge in [-0.3, -0.25) is 0 Å². The summed E-state index contributed by atoms with van der Waals surface area (Å²) >= 11 is 5.45. The number of ether oxygens (including phenoxy) is 1. The molecule has 102 valence electrons. The number of rotatable bonds is 7. The van der Waals surface area contributed by atoms with Crippen LogP contribution in [0.15, 0.2) is 9.85 Å². The van der Waals surface area contributed by atoms with Crippen LogP contribution >= 0.6 is 27.3 Å².